The van der Waals surface area contributed by atoms with Crippen LogP contribution in [0.1, 0.15) is 18.5 Å². The second kappa shape index (κ2) is 4.50. The number of pyridine rings is 1. The maximum absolute atomic E-state index is 4.66. The van der Waals surface area contributed by atoms with Gasteiger partial charge < -0.3 is 4.40 Å². The summed E-state index contributed by atoms with van der Waals surface area (Å²) in [7, 11) is 0. The minimum atomic E-state index is 0.837. The molecule has 2 nitrogen and oxygen atoms in total. The summed E-state index contributed by atoms with van der Waals surface area (Å²) in [5, 5.41) is 0. The number of fused-ring (bicyclic) bond motifs is 1. The summed E-state index contributed by atoms with van der Waals surface area (Å²) in [6.07, 6.45) is 8.15. The van der Waals surface area contributed by atoms with Gasteiger partial charge in [-0.15, -0.1) is 0 Å². The van der Waals surface area contributed by atoms with Gasteiger partial charge in [-0.1, -0.05) is 6.07 Å². The van der Waals surface area contributed by atoms with Crippen molar-refractivity contribution in [3.05, 3.63) is 36.3 Å². The Bertz CT molecular complexity index is 438. The summed E-state index contributed by atoms with van der Waals surface area (Å²) < 4.78 is 2.12. The number of aromatic nitrogens is 2. The van der Waals surface area contributed by atoms with Gasteiger partial charge in [-0.2, -0.15) is 11.8 Å². The number of nitrogens with zero attached hydrogens (tertiary/aromatic N) is 2. The number of hydrogen-bond donors (Lipinski definition) is 0. The third-order valence-electron chi connectivity index (χ3n) is 3.17. The van der Waals surface area contributed by atoms with Gasteiger partial charge in [0.25, 0.3) is 0 Å². The summed E-state index contributed by atoms with van der Waals surface area (Å²) in [5.41, 5.74) is 2.32. The standard InChI is InChI=1S/C13H16N2S/c1-2-6-15-9-12(14-13(15)5-1)8-11-4-3-7-16-10-11/h1-2,5-6,9,11H,3-4,7-8,10H2. The van der Waals surface area contributed by atoms with Crippen LogP contribution in [0.2, 0.25) is 0 Å². The highest BCUT2D eigenvalue weighted by Gasteiger charge is 2.15. The molecule has 2 aromatic heterocycles. The van der Waals surface area contributed by atoms with Crippen LogP contribution in [0.25, 0.3) is 5.65 Å². The molecule has 1 atom stereocenters. The molecule has 1 aliphatic rings. The molecule has 1 saturated heterocycles. The summed E-state index contributed by atoms with van der Waals surface area (Å²) in [6, 6.07) is 6.16. The van der Waals surface area contributed by atoms with E-state index in [2.05, 4.69) is 45.7 Å². The summed E-state index contributed by atoms with van der Waals surface area (Å²) >= 11 is 2.09. The number of thioether (sulfide) groups is 1. The molecular weight excluding hydrogens is 216 g/mol. The summed E-state index contributed by atoms with van der Waals surface area (Å²) in [5.74, 6) is 3.50. The van der Waals surface area contributed by atoms with Gasteiger partial charge >= 0.3 is 0 Å². The second-order valence-electron chi connectivity index (χ2n) is 4.49. The van der Waals surface area contributed by atoms with Gasteiger partial charge in [0, 0.05) is 12.4 Å². The van der Waals surface area contributed by atoms with Gasteiger partial charge in [-0.05, 0) is 48.8 Å². The fourth-order valence-corrected chi connectivity index (χ4v) is 3.51. The molecule has 3 rings (SSSR count). The van der Waals surface area contributed by atoms with Crippen LogP contribution in [0.15, 0.2) is 30.6 Å². The first-order chi connectivity index (χ1) is 7.92. The molecule has 1 aliphatic heterocycles. The van der Waals surface area contributed by atoms with E-state index in [-0.39, 0.29) is 0 Å². The molecule has 3 heteroatoms. The van der Waals surface area contributed by atoms with E-state index >= 15 is 0 Å². The SMILES string of the molecule is c1ccn2cc(CC3CCCSC3)nc2c1. The normalized spacial score (nSPS) is 21.4. The molecule has 84 valence electrons. The van der Waals surface area contributed by atoms with Crippen molar-refractivity contribution < 1.29 is 0 Å². The van der Waals surface area contributed by atoms with Crippen molar-refractivity contribution in [3.63, 3.8) is 0 Å². The Hall–Kier alpha value is -0.960. The molecule has 16 heavy (non-hydrogen) atoms. The molecule has 0 amide bonds. The fraction of sp³-hybridized carbons (Fsp3) is 0.462. The molecule has 0 saturated carbocycles. The lowest BCUT2D eigenvalue weighted by Gasteiger charge is -2.19. The third kappa shape index (κ3) is 2.09. The van der Waals surface area contributed by atoms with Crippen LogP contribution < -0.4 is 0 Å². The second-order valence-corrected chi connectivity index (χ2v) is 5.64. The van der Waals surface area contributed by atoms with Gasteiger partial charge in [0.05, 0.1) is 5.69 Å². The van der Waals surface area contributed by atoms with Crippen LogP contribution in [0.3, 0.4) is 0 Å². The van der Waals surface area contributed by atoms with E-state index in [9.17, 15) is 0 Å². The lowest BCUT2D eigenvalue weighted by molar-refractivity contribution is 0.516. The van der Waals surface area contributed by atoms with E-state index in [0.717, 1.165) is 18.0 Å². The Balaban J connectivity index is 1.78. The zero-order valence-corrected chi connectivity index (χ0v) is 10.1. The highest BCUT2D eigenvalue weighted by Crippen LogP contribution is 2.25. The van der Waals surface area contributed by atoms with Crippen LogP contribution in [0, 0.1) is 5.92 Å². The van der Waals surface area contributed by atoms with Crippen LogP contribution in [-0.2, 0) is 6.42 Å². The van der Waals surface area contributed by atoms with E-state index in [1.807, 2.05) is 6.07 Å². The molecule has 0 aliphatic carbocycles. The minimum Gasteiger partial charge on any atom is -0.307 e. The monoisotopic (exact) mass is 232 g/mol. The largest absolute Gasteiger partial charge is 0.307 e. The quantitative estimate of drug-likeness (QED) is 0.792. The maximum Gasteiger partial charge on any atom is 0.136 e. The van der Waals surface area contributed by atoms with Crippen molar-refractivity contribution in [2.45, 2.75) is 19.3 Å². The summed E-state index contributed by atoms with van der Waals surface area (Å²) in [4.78, 5) is 4.66. The van der Waals surface area contributed by atoms with Crippen LogP contribution >= 0.6 is 11.8 Å². The van der Waals surface area contributed by atoms with E-state index in [1.54, 1.807) is 0 Å². The van der Waals surface area contributed by atoms with E-state index in [1.165, 1.54) is 30.0 Å². The van der Waals surface area contributed by atoms with Gasteiger partial charge in [0.15, 0.2) is 0 Å². The van der Waals surface area contributed by atoms with E-state index in [0.29, 0.717) is 0 Å². The average molecular weight is 232 g/mol. The Morgan fingerprint density at radius 3 is 3.25 bits per heavy atom. The summed E-state index contributed by atoms with van der Waals surface area (Å²) in [6.45, 7) is 0. The molecule has 3 heterocycles. The van der Waals surface area contributed by atoms with Crippen molar-refractivity contribution >= 4 is 17.4 Å². The Labute approximate surface area is 100 Å². The molecule has 0 radical (unpaired) electrons. The Morgan fingerprint density at radius 1 is 1.44 bits per heavy atom. The van der Waals surface area contributed by atoms with Crippen molar-refractivity contribution in [3.8, 4) is 0 Å². The first-order valence-corrected chi connectivity index (χ1v) is 7.07. The van der Waals surface area contributed by atoms with Crippen LogP contribution in [0.4, 0.5) is 0 Å². The molecule has 0 bridgehead atoms. The fourth-order valence-electron chi connectivity index (χ4n) is 2.35. The van der Waals surface area contributed by atoms with Gasteiger partial charge in [0.2, 0.25) is 0 Å². The number of hydrogen-bond acceptors (Lipinski definition) is 2. The molecule has 0 aromatic carbocycles. The molecule has 2 aromatic rings. The highest BCUT2D eigenvalue weighted by molar-refractivity contribution is 7.99. The number of imidazole rings is 1. The maximum atomic E-state index is 4.66. The smallest absolute Gasteiger partial charge is 0.136 e. The van der Waals surface area contributed by atoms with Crippen LogP contribution in [0.5, 0.6) is 0 Å². The van der Waals surface area contributed by atoms with Gasteiger partial charge in [0.1, 0.15) is 5.65 Å². The zero-order chi connectivity index (χ0) is 10.8. The van der Waals surface area contributed by atoms with Crippen molar-refractivity contribution in [2.75, 3.05) is 11.5 Å². The Morgan fingerprint density at radius 2 is 2.44 bits per heavy atom. The van der Waals surface area contributed by atoms with Crippen molar-refractivity contribution in [2.24, 2.45) is 5.92 Å². The van der Waals surface area contributed by atoms with Crippen molar-refractivity contribution in [1.29, 1.82) is 0 Å². The van der Waals surface area contributed by atoms with Crippen molar-refractivity contribution in [1.82, 2.24) is 9.38 Å². The predicted molar refractivity (Wildman–Crippen MR) is 68.9 cm³/mol. The lowest BCUT2D eigenvalue weighted by Crippen LogP contribution is -2.13. The highest BCUT2D eigenvalue weighted by atomic mass is 32.2. The van der Waals surface area contributed by atoms with E-state index < -0.39 is 0 Å². The lowest BCUT2D eigenvalue weighted by atomic mass is 10.00. The minimum absolute atomic E-state index is 0.837. The first-order valence-electron chi connectivity index (χ1n) is 5.92. The number of rotatable bonds is 2. The predicted octanol–water partition coefficient (Wildman–Crippen LogP) is 3.02. The molecule has 1 unspecified atom stereocenters. The molecule has 0 spiro atoms. The van der Waals surface area contributed by atoms with Crippen LogP contribution in [-0.4, -0.2) is 20.9 Å². The van der Waals surface area contributed by atoms with E-state index in [4.69, 9.17) is 0 Å². The average Bonchev–Trinajstić information content (AvgIpc) is 2.72. The topological polar surface area (TPSA) is 17.3 Å². The Kier molecular flexibility index (Phi) is 2.87. The third-order valence-corrected chi connectivity index (χ3v) is 4.45. The first kappa shape index (κ1) is 10.2. The molecule has 1 fully saturated rings. The molecular formula is C13H16N2S. The van der Waals surface area contributed by atoms with Gasteiger partial charge in [-0.3, -0.25) is 0 Å². The van der Waals surface area contributed by atoms with Gasteiger partial charge in [-0.25, -0.2) is 4.98 Å². The molecule has 0 N–H and O–H groups in total. The zero-order valence-electron chi connectivity index (χ0n) is 9.30.